The standard InChI is InChI=1S/C12H16F2N2O3.ClH/c1-7(15)11(17)16-6-8-5-9(18-2)3-4-10(8)19-12(13)14;/h3-5,7,12H,6,15H2,1-2H3,(H,16,17);1H/t7-;/m0./s1. The van der Waals surface area contributed by atoms with E-state index in [0.29, 0.717) is 11.3 Å². The number of nitrogens with one attached hydrogen (secondary N) is 1. The molecule has 0 aliphatic rings. The molecule has 0 aliphatic carbocycles. The molecule has 8 heteroatoms. The Bertz CT molecular complexity index is 445. The Balaban J connectivity index is 0.00000361. The Morgan fingerprint density at radius 1 is 1.45 bits per heavy atom. The minimum absolute atomic E-state index is 0. The molecule has 0 unspecified atom stereocenters. The largest absolute Gasteiger partial charge is 0.497 e. The first-order valence-electron chi connectivity index (χ1n) is 5.59. The van der Waals surface area contributed by atoms with Crippen LogP contribution >= 0.6 is 12.4 Å². The zero-order valence-corrected chi connectivity index (χ0v) is 11.9. The van der Waals surface area contributed by atoms with Crippen molar-refractivity contribution in [2.75, 3.05) is 7.11 Å². The molecule has 0 radical (unpaired) electrons. The van der Waals surface area contributed by atoms with Crippen LogP contribution in [0, 0.1) is 0 Å². The highest BCUT2D eigenvalue weighted by Crippen LogP contribution is 2.25. The van der Waals surface area contributed by atoms with Crippen molar-refractivity contribution in [3.8, 4) is 11.5 Å². The van der Waals surface area contributed by atoms with Crippen LogP contribution in [-0.2, 0) is 11.3 Å². The molecule has 0 saturated heterocycles. The minimum atomic E-state index is -2.93. The Morgan fingerprint density at radius 3 is 2.60 bits per heavy atom. The lowest BCUT2D eigenvalue weighted by Crippen LogP contribution is -2.37. The second kappa shape index (κ2) is 8.55. The van der Waals surface area contributed by atoms with Gasteiger partial charge in [0, 0.05) is 12.1 Å². The van der Waals surface area contributed by atoms with Crippen molar-refractivity contribution in [3.63, 3.8) is 0 Å². The van der Waals surface area contributed by atoms with Gasteiger partial charge in [0.15, 0.2) is 0 Å². The molecule has 1 aromatic rings. The average Bonchev–Trinajstić information content (AvgIpc) is 2.36. The van der Waals surface area contributed by atoms with Crippen molar-refractivity contribution in [1.82, 2.24) is 5.32 Å². The maximum Gasteiger partial charge on any atom is 0.387 e. The number of benzene rings is 1. The maximum absolute atomic E-state index is 12.2. The second-order valence-electron chi connectivity index (χ2n) is 3.86. The van der Waals surface area contributed by atoms with Gasteiger partial charge in [0.05, 0.1) is 13.2 Å². The number of halogens is 3. The molecular weight excluding hydrogens is 294 g/mol. The third-order valence-corrected chi connectivity index (χ3v) is 2.35. The molecule has 1 aromatic carbocycles. The summed E-state index contributed by atoms with van der Waals surface area (Å²) in [6, 6.07) is 3.69. The van der Waals surface area contributed by atoms with E-state index in [9.17, 15) is 13.6 Å². The van der Waals surface area contributed by atoms with E-state index in [2.05, 4.69) is 10.1 Å². The van der Waals surface area contributed by atoms with E-state index in [1.54, 1.807) is 0 Å². The molecule has 114 valence electrons. The van der Waals surface area contributed by atoms with E-state index >= 15 is 0 Å². The van der Waals surface area contributed by atoms with Gasteiger partial charge in [0.25, 0.3) is 0 Å². The number of hydrogen-bond donors (Lipinski definition) is 2. The molecule has 20 heavy (non-hydrogen) atoms. The van der Waals surface area contributed by atoms with Crippen LogP contribution < -0.4 is 20.5 Å². The fourth-order valence-corrected chi connectivity index (χ4v) is 1.38. The van der Waals surface area contributed by atoms with Crippen LogP contribution in [0.1, 0.15) is 12.5 Å². The molecule has 5 nitrogen and oxygen atoms in total. The van der Waals surface area contributed by atoms with Gasteiger partial charge in [-0.15, -0.1) is 12.4 Å². The quantitative estimate of drug-likeness (QED) is 0.838. The van der Waals surface area contributed by atoms with Crippen molar-refractivity contribution in [3.05, 3.63) is 23.8 Å². The van der Waals surface area contributed by atoms with Gasteiger partial charge in [-0.3, -0.25) is 4.79 Å². The Morgan fingerprint density at radius 2 is 2.10 bits per heavy atom. The third kappa shape index (κ3) is 5.58. The van der Waals surface area contributed by atoms with Crippen LogP contribution in [0.3, 0.4) is 0 Å². The molecule has 3 N–H and O–H groups in total. The Labute approximate surface area is 121 Å². The van der Waals surface area contributed by atoms with Gasteiger partial charge in [-0.2, -0.15) is 8.78 Å². The second-order valence-corrected chi connectivity index (χ2v) is 3.86. The summed E-state index contributed by atoms with van der Waals surface area (Å²) in [6.07, 6.45) is 0. The summed E-state index contributed by atoms with van der Waals surface area (Å²) in [5, 5.41) is 2.52. The van der Waals surface area contributed by atoms with Gasteiger partial charge in [-0.1, -0.05) is 0 Å². The van der Waals surface area contributed by atoms with E-state index in [1.165, 1.54) is 32.2 Å². The molecule has 0 spiro atoms. The summed E-state index contributed by atoms with van der Waals surface area (Å²) in [5.41, 5.74) is 5.77. The topological polar surface area (TPSA) is 73.6 Å². The molecular formula is C12H17ClF2N2O3. The molecule has 1 atom stereocenters. The summed E-state index contributed by atoms with van der Waals surface area (Å²) in [6.45, 7) is -1.38. The van der Waals surface area contributed by atoms with E-state index in [0.717, 1.165) is 0 Å². The zero-order chi connectivity index (χ0) is 14.4. The van der Waals surface area contributed by atoms with Crippen LogP contribution in [0.5, 0.6) is 11.5 Å². The lowest BCUT2D eigenvalue weighted by Gasteiger charge is -2.13. The predicted octanol–water partition coefficient (Wildman–Crippen LogP) is 1.68. The van der Waals surface area contributed by atoms with Crippen molar-refractivity contribution in [1.29, 1.82) is 0 Å². The van der Waals surface area contributed by atoms with Gasteiger partial charge in [-0.25, -0.2) is 0 Å². The molecule has 0 bridgehead atoms. The summed E-state index contributed by atoms with van der Waals surface area (Å²) in [5.74, 6) is 0.0817. The normalized spacial score (nSPS) is 11.5. The van der Waals surface area contributed by atoms with Crippen LogP contribution in [0.25, 0.3) is 0 Å². The van der Waals surface area contributed by atoms with E-state index in [4.69, 9.17) is 10.5 Å². The van der Waals surface area contributed by atoms with E-state index in [-0.39, 0.29) is 30.6 Å². The van der Waals surface area contributed by atoms with Gasteiger partial charge >= 0.3 is 6.61 Å². The number of rotatable bonds is 6. The first-order valence-corrected chi connectivity index (χ1v) is 5.59. The number of amides is 1. The van der Waals surface area contributed by atoms with Crippen LogP contribution in [0.15, 0.2) is 18.2 Å². The summed E-state index contributed by atoms with van der Waals surface area (Å²) < 4.78 is 33.9. The van der Waals surface area contributed by atoms with Gasteiger partial charge in [0.2, 0.25) is 5.91 Å². The fraction of sp³-hybridized carbons (Fsp3) is 0.417. The smallest absolute Gasteiger partial charge is 0.387 e. The number of carbonyl (C=O) groups excluding carboxylic acids is 1. The van der Waals surface area contributed by atoms with Gasteiger partial charge < -0.3 is 20.5 Å². The predicted molar refractivity (Wildman–Crippen MR) is 72.4 cm³/mol. The molecule has 1 rings (SSSR count). The number of hydrogen-bond acceptors (Lipinski definition) is 4. The van der Waals surface area contributed by atoms with Crippen molar-refractivity contribution in [2.24, 2.45) is 5.73 Å². The third-order valence-electron chi connectivity index (χ3n) is 2.35. The lowest BCUT2D eigenvalue weighted by molar-refractivity contribution is -0.122. The van der Waals surface area contributed by atoms with E-state index in [1.807, 2.05) is 0 Å². The van der Waals surface area contributed by atoms with Gasteiger partial charge in [0.1, 0.15) is 11.5 Å². The zero-order valence-electron chi connectivity index (χ0n) is 11.1. The Hall–Kier alpha value is -1.60. The van der Waals surface area contributed by atoms with Crippen molar-refractivity contribution in [2.45, 2.75) is 26.1 Å². The molecule has 0 heterocycles. The molecule has 0 aromatic heterocycles. The SMILES string of the molecule is COc1ccc(OC(F)F)c(CNC(=O)[C@H](C)N)c1.Cl. The van der Waals surface area contributed by atoms with Crippen LogP contribution in [0.4, 0.5) is 8.78 Å². The Kier molecular flexibility index (Phi) is 7.86. The summed E-state index contributed by atoms with van der Waals surface area (Å²) in [4.78, 5) is 11.3. The molecule has 0 fully saturated rings. The number of ether oxygens (including phenoxy) is 2. The van der Waals surface area contributed by atoms with Gasteiger partial charge in [-0.05, 0) is 25.1 Å². The maximum atomic E-state index is 12.2. The minimum Gasteiger partial charge on any atom is -0.497 e. The highest BCUT2D eigenvalue weighted by Gasteiger charge is 2.13. The highest BCUT2D eigenvalue weighted by atomic mass is 35.5. The van der Waals surface area contributed by atoms with Crippen LogP contribution in [0.2, 0.25) is 0 Å². The molecule has 0 saturated carbocycles. The summed E-state index contributed by atoms with van der Waals surface area (Å²) in [7, 11) is 1.45. The summed E-state index contributed by atoms with van der Waals surface area (Å²) >= 11 is 0. The van der Waals surface area contributed by atoms with Crippen LogP contribution in [-0.4, -0.2) is 25.7 Å². The number of carbonyl (C=O) groups is 1. The van der Waals surface area contributed by atoms with E-state index < -0.39 is 12.7 Å². The first kappa shape index (κ1) is 18.4. The average molecular weight is 311 g/mol. The fourth-order valence-electron chi connectivity index (χ4n) is 1.38. The number of methoxy groups -OCH3 is 1. The monoisotopic (exact) mass is 310 g/mol. The highest BCUT2D eigenvalue weighted by molar-refractivity contribution is 5.85. The lowest BCUT2D eigenvalue weighted by atomic mass is 10.2. The van der Waals surface area contributed by atoms with Crippen molar-refractivity contribution < 1.29 is 23.0 Å². The number of nitrogens with two attached hydrogens (primary N) is 1. The molecule has 0 aliphatic heterocycles. The first-order chi connectivity index (χ1) is 8.93. The number of alkyl halides is 2. The molecule has 1 amide bonds. The van der Waals surface area contributed by atoms with Crippen molar-refractivity contribution >= 4 is 18.3 Å².